The van der Waals surface area contributed by atoms with E-state index in [1.54, 1.807) is 12.1 Å². The van der Waals surface area contributed by atoms with Crippen molar-refractivity contribution in [1.29, 1.82) is 0 Å². The summed E-state index contributed by atoms with van der Waals surface area (Å²) in [7, 11) is 0. The van der Waals surface area contributed by atoms with Crippen LogP contribution >= 0.6 is 11.6 Å². The van der Waals surface area contributed by atoms with Gasteiger partial charge in [-0.25, -0.2) is 0 Å². The van der Waals surface area contributed by atoms with E-state index in [-0.39, 0.29) is 5.91 Å². The van der Waals surface area contributed by atoms with Crippen LogP contribution in [-0.4, -0.2) is 5.91 Å². The van der Waals surface area contributed by atoms with E-state index in [0.29, 0.717) is 10.7 Å². The van der Waals surface area contributed by atoms with Gasteiger partial charge in [0.1, 0.15) is 0 Å². The lowest BCUT2D eigenvalue weighted by molar-refractivity contribution is -0.114. The van der Waals surface area contributed by atoms with Crippen LogP contribution in [0.4, 0.5) is 5.69 Å². The number of carbonyl (C=O) groups excluding carboxylic acids is 1. The first kappa shape index (κ1) is 13.4. The van der Waals surface area contributed by atoms with Crippen molar-refractivity contribution in [3.05, 3.63) is 64.7 Å². The third kappa shape index (κ3) is 3.97. The normalized spacial score (nSPS) is 10.6. The SMILES string of the molecule is CC(=O)Nc1cc(Cl)ccc1/C=C/c1ccccc1. The van der Waals surface area contributed by atoms with Gasteiger partial charge in [0.05, 0.1) is 0 Å². The predicted octanol–water partition coefficient (Wildman–Crippen LogP) is 4.47. The minimum atomic E-state index is -0.114. The zero-order chi connectivity index (χ0) is 13.7. The fraction of sp³-hybridized carbons (Fsp3) is 0.0625. The molecule has 0 saturated carbocycles. The summed E-state index contributed by atoms with van der Waals surface area (Å²) in [4.78, 5) is 11.2. The molecule has 0 aliphatic carbocycles. The second kappa shape index (κ2) is 6.21. The van der Waals surface area contributed by atoms with E-state index in [9.17, 15) is 4.79 Å². The Kier molecular flexibility index (Phi) is 4.37. The number of hydrogen-bond donors (Lipinski definition) is 1. The Bertz CT molecular complexity index is 605. The van der Waals surface area contributed by atoms with Crippen LogP contribution in [0.2, 0.25) is 5.02 Å². The second-order valence-electron chi connectivity index (χ2n) is 4.16. The Morgan fingerprint density at radius 1 is 1.11 bits per heavy atom. The Labute approximate surface area is 117 Å². The number of amides is 1. The predicted molar refractivity (Wildman–Crippen MR) is 81.1 cm³/mol. The van der Waals surface area contributed by atoms with E-state index >= 15 is 0 Å². The van der Waals surface area contributed by atoms with Crippen molar-refractivity contribution < 1.29 is 4.79 Å². The molecule has 0 aromatic heterocycles. The van der Waals surface area contributed by atoms with E-state index < -0.39 is 0 Å². The molecule has 3 heteroatoms. The first-order valence-electron chi connectivity index (χ1n) is 5.95. The zero-order valence-corrected chi connectivity index (χ0v) is 11.3. The summed E-state index contributed by atoms with van der Waals surface area (Å²) >= 11 is 5.94. The summed E-state index contributed by atoms with van der Waals surface area (Å²) in [6.45, 7) is 1.48. The Morgan fingerprint density at radius 2 is 1.84 bits per heavy atom. The van der Waals surface area contributed by atoms with Crippen LogP contribution in [-0.2, 0) is 4.79 Å². The summed E-state index contributed by atoms with van der Waals surface area (Å²) in [6, 6.07) is 15.4. The molecule has 0 heterocycles. The summed E-state index contributed by atoms with van der Waals surface area (Å²) in [5.74, 6) is -0.114. The number of benzene rings is 2. The maximum atomic E-state index is 11.2. The molecule has 2 aromatic carbocycles. The van der Waals surface area contributed by atoms with Gasteiger partial charge in [-0.05, 0) is 23.3 Å². The minimum absolute atomic E-state index is 0.114. The highest BCUT2D eigenvalue weighted by molar-refractivity contribution is 6.31. The van der Waals surface area contributed by atoms with Crippen molar-refractivity contribution in [3.8, 4) is 0 Å². The van der Waals surface area contributed by atoms with Crippen LogP contribution in [0, 0.1) is 0 Å². The Hall–Kier alpha value is -2.06. The van der Waals surface area contributed by atoms with Gasteiger partial charge in [0, 0.05) is 17.6 Å². The van der Waals surface area contributed by atoms with Gasteiger partial charge in [-0.15, -0.1) is 0 Å². The average Bonchev–Trinajstić information content (AvgIpc) is 2.38. The van der Waals surface area contributed by atoms with Crippen LogP contribution in [0.5, 0.6) is 0 Å². The number of carbonyl (C=O) groups is 1. The van der Waals surface area contributed by atoms with Crippen LogP contribution in [0.15, 0.2) is 48.5 Å². The Morgan fingerprint density at radius 3 is 2.53 bits per heavy atom. The van der Waals surface area contributed by atoms with Crippen molar-refractivity contribution in [2.24, 2.45) is 0 Å². The third-order valence-corrected chi connectivity index (χ3v) is 2.82. The van der Waals surface area contributed by atoms with Crippen LogP contribution < -0.4 is 5.32 Å². The van der Waals surface area contributed by atoms with Crippen molar-refractivity contribution >= 4 is 35.3 Å². The molecule has 0 aliphatic heterocycles. The summed E-state index contributed by atoms with van der Waals surface area (Å²) in [5.41, 5.74) is 2.74. The van der Waals surface area contributed by atoms with Crippen molar-refractivity contribution in [3.63, 3.8) is 0 Å². The van der Waals surface area contributed by atoms with E-state index in [1.165, 1.54) is 6.92 Å². The lowest BCUT2D eigenvalue weighted by atomic mass is 10.1. The van der Waals surface area contributed by atoms with Gasteiger partial charge in [0.2, 0.25) is 5.91 Å². The highest BCUT2D eigenvalue weighted by atomic mass is 35.5. The molecule has 0 saturated heterocycles. The lowest BCUT2D eigenvalue weighted by Crippen LogP contribution is -2.06. The fourth-order valence-electron chi connectivity index (χ4n) is 1.72. The molecule has 1 amide bonds. The lowest BCUT2D eigenvalue weighted by Gasteiger charge is -2.07. The molecular formula is C16H14ClNO. The van der Waals surface area contributed by atoms with E-state index in [1.807, 2.05) is 48.6 Å². The van der Waals surface area contributed by atoms with Crippen molar-refractivity contribution in [1.82, 2.24) is 0 Å². The number of rotatable bonds is 3. The molecule has 2 nitrogen and oxygen atoms in total. The molecule has 0 aliphatic rings. The number of hydrogen-bond acceptors (Lipinski definition) is 1. The number of nitrogens with one attached hydrogen (secondary N) is 1. The molecule has 0 spiro atoms. The molecule has 0 bridgehead atoms. The van der Waals surface area contributed by atoms with Gasteiger partial charge < -0.3 is 5.32 Å². The van der Waals surface area contributed by atoms with E-state index in [4.69, 9.17) is 11.6 Å². The topological polar surface area (TPSA) is 29.1 Å². The summed E-state index contributed by atoms with van der Waals surface area (Å²) < 4.78 is 0. The van der Waals surface area contributed by atoms with E-state index in [2.05, 4.69) is 5.32 Å². The molecule has 0 radical (unpaired) electrons. The van der Waals surface area contributed by atoms with Gasteiger partial charge >= 0.3 is 0 Å². The molecule has 2 aromatic rings. The molecule has 19 heavy (non-hydrogen) atoms. The second-order valence-corrected chi connectivity index (χ2v) is 4.59. The van der Waals surface area contributed by atoms with Crippen LogP contribution in [0.3, 0.4) is 0 Å². The molecule has 0 fully saturated rings. The molecule has 2 rings (SSSR count). The maximum absolute atomic E-state index is 11.2. The average molecular weight is 272 g/mol. The Balaban J connectivity index is 2.29. The zero-order valence-electron chi connectivity index (χ0n) is 10.6. The molecule has 0 atom stereocenters. The molecule has 96 valence electrons. The summed E-state index contributed by atoms with van der Waals surface area (Å²) in [5, 5.41) is 3.37. The van der Waals surface area contributed by atoms with Gasteiger partial charge in [0.15, 0.2) is 0 Å². The molecule has 1 N–H and O–H groups in total. The monoisotopic (exact) mass is 271 g/mol. The first-order chi connectivity index (χ1) is 9.15. The first-order valence-corrected chi connectivity index (χ1v) is 6.33. The van der Waals surface area contributed by atoms with Gasteiger partial charge in [0.25, 0.3) is 0 Å². The highest BCUT2D eigenvalue weighted by Gasteiger charge is 2.02. The fourth-order valence-corrected chi connectivity index (χ4v) is 1.89. The van der Waals surface area contributed by atoms with Crippen molar-refractivity contribution in [2.75, 3.05) is 5.32 Å². The maximum Gasteiger partial charge on any atom is 0.221 e. The van der Waals surface area contributed by atoms with Crippen LogP contribution in [0.25, 0.3) is 12.2 Å². The minimum Gasteiger partial charge on any atom is -0.326 e. The van der Waals surface area contributed by atoms with Crippen LogP contribution in [0.1, 0.15) is 18.1 Å². The number of anilines is 1. The standard InChI is InChI=1S/C16H14ClNO/c1-12(19)18-16-11-15(17)10-9-14(16)8-7-13-5-3-2-4-6-13/h2-11H,1H3,(H,18,19)/b8-7+. The summed E-state index contributed by atoms with van der Waals surface area (Å²) in [6.07, 6.45) is 3.95. The smallest absolute Gasteiger partial charge is 0.221 e. The van der Waals surface area contributed by atoms with Gasteiger partial charge in [-0.1, -0.05) is 60.2 Å². The molecule has 0 unspecified atom stereocenters. The molecular weight excluding hydrogens is 258 g/mol. The number of halogens is 1. The largest absolute Gasteiger partial charge is 0.326 e. The highest BCUT2D eigenvalue weighted by Crippen LogP contribution is 2.23. The van der Waals surface area contributed by atoms with E-state index in [0.717, 1.165) is 11.1 Å². The van der Waals surface area contributed by atoms with Gasteiger partial charge in [-0.3, -0.25) is 4.79 Å². The van der Waals surface area contributed by atoms with Gasteiger partial charge in [-0.2, -0.15) is 0 Å². The quantitative estimate of drug-likeness (QED) is 0.820. The third-order valence-electron chi connectivity index (χ3n) is 2.58. The van der Waals surface area contributed by atoms with Crippen molar-refractivity contribution in [2.45, 2.75) is 6.92 Å².